The largest absolute Gasteiger partial charge is 0.480 e. The molecule has 0 radical (unpaired) electrons. The minimum Gasteiger partial charge on any atom is -0.480 e. The second-order valence-corrected chi connectivity index (χ2v) is 5.02. The van der Waals surface area contributed by atoms with Gasteiger partial charge in [0.2, 0.25) is 5.91 Å². The van der Waals surface area contributed by atoms with Crippen LogP contribution in [0.1, 0.15) is 12.5 Å². The van der Waals surface area contributed by atoms with Crippen molar-refractivity contribution < 1.29 is 19.6 Å². The van der Waals surface area contributed by atoms with E-state index in [0.29, 0.717) is 0 Å². The van der Waals surface area contributed by atoms with E-state index in [0.717, 1.165) is 11.8 Å². The van der Waals surface area contributed by atoms with Gasteiger partial charge in [-0.1, -0.05) is 0 Å². The molecule has 1 amide bonds. The van der Waals surface area contributed by atoms with Gasteiger partial charge in [0.1, 0.15) is 6.04 Å². The number of carbonyl (C=O) groups excluding carboxylic acids is 1. The molecule has 1 rings (SSSR count). The number of nitro groups is 1. The fraction of sp³-hybridized carbons (Fsp3) is 0.250. The highest BCUT2D eigenvalue weighted by Crippen LogP contribution is 2.30. The van der Waals surface area contributed by atoms with Gasteiger partial charge in [-0.15, -0.1) is 11.8 Å². The molecule has 0 aromatic heterocycles. The summed E-state index contributed by atoms with van der Waals surface area (Å²) in [5.74, 6) is -1.84. The smallest absolute Gasteiger partial charge is 0.327 e. The Morgan fingerprint density at radius 2 is 2.24 bits per heavy atom. The van der Waals surface area contributed by atoms with Gasteiger partial charge in [0.15, 0.2) is 0 Å². The summed E-state index contributed by atoms with van der Waals surface area (Å²) in [5.41, 5.74) is 0.0143. The molecule has 0 bridgehead atoms. The lowest BCUT2D eigenvalue weighted by Gasteiger charge is -2.12. The van der Waals surface area contributed by atoms with Gasteiger partial charge in [-0.25, -0.2) is 4.79 Å². The highest BCUT2D eigenvalue weighted by atomic mass is 32.2. The molecule has 1 atom stereocenters. The summed E-state index contributed by atoms with van der Waals surface area (Å²) < 4.78 is 0. The number of nitrogens with one attached hydrogen (secondary N) is 1. The van der Waals surface area contributed by atoms with Crippen molar-refractivity contribution in [1.82, 2.24) is 5.32 Å². The Labute approximate surface area is 123 Å². The number of nitrogens with zero attached hydrogens (tertiary/aromatic N) is 2. The molecule has 0 saturated carbocycles. The topological polar surface area (TPSA) is 133 Å². The number of carboxylic acid groups (broad SMARTS) is 1. The second kappa shape index (κ2) is 7.25. The summed E-state index contributed by atoms with van der Waals surface area (Å²) >= 11 is 0.895. The van der Waals surface area contributed by atoms with Crippen LogP contribution in [0.3, 0.4) is 0 Å². The molecule has 9 heteroatoms. The number of nitro benzene ring substituents is 1. The summed E-state index contributed by atoms with van der Waals surface area (Å²) in [6.45, 7) is 1.18. The Morgan fingerprint density at radius 3 is 2.71 bits per heavy atom. The molecule has 0 heterocycles. The third-order valence-electron chi connectivity index (χ3n) is 2.37. The first-order valence-corrected chi connectivity index (χ1v) is 6.65. The number of thioether (sulfide) groups is 1. The number of hydrogen-bond donors (Lipinski definition) is 2. The maximum Gasteiger partial charge on any atom is 0.327 e. The number of benzene rings is 1. The van der Waals surface area contributed by atoms with Gasteiger partial charge in [-0.3, -0.25) is 14.9 Å². The molecule has 0 aliphatic heterocycles. The van der Waals surface area contributed by atoms with Crippen molar-refractivity contribution >= 4 is 29.3 Å². The van der Waals surface area contributed by atoms with Gasteiger partial charge >= 0.3 is 5.97 Å². The van der Waals surface area contributed by atoms with Gasteiger partial charge in [-0.2, -0.15) is 5.26 Å². The van der Waals surface area contributed by atoms with Gasteiger partial charge < -0.3 is 10.4 Å². The monoisotopic (exact) mass is 309 g/mol. The van der Waals surface area contributed by atoms with Gasteiger partial charge in [0.25, 0.3) is 5.69 Å². The van der Waals surface area contributed by atoms with Crippen LogP contribution in [-0.2, 0) is 9.59 Å². The molecule has 8 nitrogen and oxygen atoms in total. The van der Waals surface area contributed by atoms with E-state index in [4.69, 9.17) is 10.4 Å². The highest BCUT2D eigenvalue weighted by molar-refractivity contribution is 7.99. The Bertz CT molecular complexity index is 626. The van der Waals surface area contributed by atoms with E-state index >= 15 is 0 Å². The zero-order valence-corrected chi connectivity index (χ0v) is 11.7. The van der Waals surface area contributed by atoms with E-state index in [1.165, 1.54) is 25.1 Å². The molecule has 110 valence electrons. The van der Waals surface area contributed by atoms with E-state index in [9.17, 15) is 19.7 Å². The summed E-state index contributed by atoms with van der Waals surface area (Å²) in [6.07, 6.45) is 0. The lowest BCUT2D eigenvalue weighted by Crippen LogP contribution is -2.41. The van der Waals surface area contributed by atoms with Gasteiger partial charge in [0.05, 0.1) is 21.5 Å². The Kier molecular flexibility index (Phi) is 5.68. The fourth-order valence-corrected chi connectivity index (χ4v) is 2.52. The van der Waals surface area contributed by atoms with Crippen LogP contribution >= 0.6 is 11.8 Å². The van der Waals surface area contributed by atoms with Crippen molar-refractivity contribution in [2.75, 3.05) is 5.75 Å². The highest BCUT2D eigenvalue weighted by Gasteiger charge is 2.21. The van der Waals surface area contributed by atoms with E-state index < -0.39 is 22.8 Å². The number of carbonyl (C=O) groups is 2. The van der Waals surface area contributed by atoms with Crippen molar-refractivity contribution in [3.8, 4) is 6.07 Å². The summed E-state index contributed by atoms with van der Waals surface area (Å²) in [4.78, 5) is 32.4. The Hall–Kier alpha value is -2.60. The van der Waals surface area contributed by atoms with Crippen molar-refractivity contribution in [3.63, 3.8) is 0 Å². The Morgan fingerprint density at radius 1 is 1.57 bits per heavy atom. The molecule has 1 aromatic rings. The first-order valence-electron chi connectivity index (χ1n) is 5.66. The van der Waals surface area contributed by atoms with Crippen molar-refractivity contribution in [2.24, 2.45) is 0 Å². The van der Waals surface area contributed by atoms with Crippen LogP contribution in [-0.4, -0.2) is 33.7 Å². The molecule has 0 aliphatic carbocycles. The average Bonchev–Trinajstić information content (AvgIpc) is 2.42. The summed E-state index contributed by atoms with van der Waals surface area (Å²) in [7, 11) is 0. The van der Waals surface area contributed by atoms with E-state index in [1.54, 1.807) is 0 Å². The predicted octanol–water partition coefficient (Wildman–Crippen LogP) is 1.15. The molecular formula is C12H11N3O5S. The molecule has 0 aliphatic rings. The van der Waals surface area contributed by atoms with Crippen molar-refractivity contribution in [3.05, 3.63) is 33.9 Å². The van der Waals surface area contributed by atoms with E-state index in [2.05, 4.69) is 5.32 Å². The van der Waals surface area contributed by atoms with Crippen LogP contribution < -0.4 is 5.32 Å². The van der Waals surface area contributed by atoms with Crippen LogP contribution in [0, 0.1) is 21.4 Å². The molecule has 21 heavy (non-hydrogen) atoms. The van der Waals surface area contributed by atoms with Crippen molar-refractivity contribution in [1.29, 1.82) is 5.26 Å². The van der Waals surface area contributed by atoms with E-state index in [-0.39, 0.29) is 21.9 Å². The predicted molar refractivity (Wildman–Crippen MR) is 73.8 cm³/mol. The molecular weight excluding hydrogens is 298 g/mol. The zero-order chi connectivity index (χ0) is 16.0. The van der Waals surface area contributed by atoms with Crippen molar-refractivity contribution in [2.45, 2.75) is 17.9 Å². The number of hydrogen-bond acceptors (Lipinski definition) is 6. The Balaban J connectivity index is 2.95. The van der Waals surface area contributed by atoms with Crippen LogP contribution in [0.2, 0.25) is 0 Å². The molecule has 0 saturated heterocycles. The van der Waals surface area contributed by atoms with Crippen LogP contribution in [0.25, 0.3) is 0 Å². The van der Waals surface area contributed by atoms with Crippen LogP contribution in [0.4, 0.5) is 5.69 Å². The minimum absolute atomic E-state index is 0.0926. The zero-order valence-electron chi connectivity index (χ0n) is 10.9. The maximum atomic E-state index is 11.0. The molecule has 1 aromatic carbocycles. The standard InChI is InChI=1S/C12H11N3O5S/c1-7(16)14-9(12(17)18)6-21-11-4-8(5-13)2-3-10(11)15(19)20/h2-4,9H,6H2,1H3,(H,14,16)(H,17,18). The number of nitriles is 1. The van der Waals surface area contributed by atoms with Crippen LogP contribution in [0.5, 0.6) is 0 Å². The number of carboxylic acids is 1. The number of amides is 1. The average molecular weight is 309 g/mol. The summed E-state index contributed by atoms with van der Waals surface area (Å²) in [5, 5.41) is 30.9. The maximum absolute atomic E-state index is 11.0. The first-order chi connectivity index (χ1) is 9.85. The second-order valence-electron chi connectivity index (χ2n) is 3.95. The number of aliphatic carboxylic acids is 1. The minimum atomic E-state index is -1.24. The normalized spacial score (nSPS) is 11.2. The SMILES string of the molecule is CC(=O)NC(CSc1cc(C#N)ccc1[N+](=O)[O-])C(=O)O. The lowest BCUT2D eigenvalue weighted by atomic mass is 10.2. The van der Waals surface area contributed by atoms with E-state index in [1.807, 2.05) is 6.07 Å². The van der Waals surface area contributed by atoms with Gasteiger partial charge in [0, 0.05) is 18.7 Å². The number of rotatable bonds is 6. The van der Waals surface area contributed by atoms with Gasteiger partial charge in [-0.05, 0) is 12.1 Å². The fourth-order valence-electron chi connectivity index (χ4n) is 1.44. The van der Waals surface area contributed by atoms with Crippen LogP contribution in [0.15, 0.2) is 23.1 Å². The molecule has 0 fully saturated rings. The third-order valence-corrected chi connectivity index (χ3v) is 3.50. The molecule has 2 N–H and O–H groups in total. The summed E-state index contributed by atoms with van der Waals surface area (Å²) in [6, 6.07) is 4.50. The lowest BCUT2D eigenvalue weighted by molar-refractivity contribution is -0.387. The first kappa shape index (κ1) is 16.5. The quantitative estimate of drug-likeness (QED) is 0.457. The molecule has 1 unspecified atom stereocenters. The third kappa shape index (κ3) is 4.77. The molecule has 0 spiro atoms.